The van der Waals surface area contributed by atoms with E-state index in [0.29, 0.717) is 6.54 Å². The predicted molar refractivity (Wildman–Crippen MR) is 77.1 cm³/mol. The highest BCUT2D eigenvalue weighted by Gasteiger charge is 2.38. The summed E-state index contributed by atoms with van der Waals surface area (Å²) < 4.78 is 40.7. The topological polar surface area (TPSA) is 63.4 Å². The fraction of sp³-hybridized carbons (Fsp3) is 0.571. The predicted octanol–water partition coefficient (Wildman–Crippen LogP) is 2.46. The molecule has 0 amide bonds. The smallest absolute Gasteiger partial charge is 0.246 e. The lowest BCUT2D eigenvalue weighted by Crippen LogP contribution is -2.48. The summed E-state index contributed by atoms with van der Waals surface area (Å²) >= 11 is 0. The van der Waals surface area contributed by atoms with Gasteiger partial charge >= 0.3 is 0 Å². The zero-order valence-corrected chi connectivity index (χ0v) is 12.8. The van der Waals surface area contributed by atoms with E-state index in [4.69, 9.17) is 5.73 Å². The number of nitrogen functional groups attached to an aromatic ring is 1. The molecule has 1 aliphatic rings. The van der Waals surface area contributed by atoms with Gasteiger partial charge in [-0.2, -0.15) is 4.31 Å². The van der Waals surface area contributed by atoms with Crippen LogP contribution in [0.1, 0.15) is 27.2 Å². The maximum Gasteiger partial charge on any atom is 0.246 e. The molecule has 1 heterocycles. The number of nitrogens with two attached hydrogens (primary N) is 1. The third kappa shape index (κ3) is 2.67. The summed E-state index contributed by atoms with van der Waals surface area (Å²) in [6, 6.07) is 3.52. The Labute approximate surface area is 119 Å². The molecule has 1 aromatic rings. The van der Waals surface area contributed by atoms with Gasteiger partial charge in [-0.1, -0.05) is 13.8 Å². The molecule has 0 radical (unpaired) electrons. The Balaban J connectivity index is 2.46. The molecule has 1 saturated heterocycles. The average Bonchev–Trinajstić information content (AvgIpc) is 2.36. The van der Waals surface area contributed by atoms with E-state index in [1.54, 1.807) is 0 Å². The molecule has 3 atom stereocenters. The minimum Gasteiger partial charge on any atom is -0.399 e. The second kappa shape index (κ2) is 5.33. The first-order valence-corrected chi connectivity index (χ1v) is 8.24. The van der Waals surface area contributed by atoms with Crippen molar-refractivity contribution in [1.29, 1.82) is 0 Å². The molecule has 0 aliphatic carbocycles. The molecule has 2 N–H and O–H groups in total. The van der Waals surface area contributed by atoms with Crippen LogP contribution in [0.4, 0.5) is 10.1 Å². The van der Waals surface area contributed by atoms with E-state index >= 15 is 0 Å². The van der Waals surface area contributed by atoms with Crippen LogP contribution in [0.5, 0.6) is 0 Å². The van der Waals surface area contributed by atoms with Crippen molar-refractivity contribution in [2.75, 3.05) is 12.3 Å². The van der Waals surface area contributed by atoms with E-state index in [9.17, 15) is 12.8 Å². The SMILES string of the molecule is CC1CC(C)C(C)N(S(=O)(=O)c2cc(N)ccc2F)C1. The molecule has 20 heavy (non-hydrogen) atoms. The summed E-state index contributed by atoms with van der Waals surface area (Å²) in [6.07, 6.45) is 0.979. The molecule has 1 aromatic carbocycles. The highest BCUT2D eigenvalue weighted by Crippen LogP contribution is 2.32. The third-order valence-corrected chi connectivity index (χ3v) is 6.05. The summed E-state index contributed by atoms with van der Waals surface area (Å²) in [5.74, 6) is -0.241. The normalized spacial score (nSPS) is 28.5. The van der Waals surface area contributed by atoms with Crippen LogP contribution in [0, 0.1) is 17.7 Å². The highest BCUT2D eigenvalue weighted by atomic mass is 32.2. The van der Waals surface area contributed by atoms with E-state index < -0.39 is 15.8 Å². The Kier molecular flexibility index (Phi) is 4.07. The average molecular weight is 300 g/mol. The summed E-state index contributed by atoms with van der Waals surface area (Å²) in [4.78, 5) is -0.328. The number of rotatable bonds is 2. The quantitative estimate of drug-likeness (QED) is 0.853. The Morgan fingerprint density at radius 1 is 1.30 bits per heavy atom. The van der Waals surface area contributed by atoms with Crippen LogP contribution in [-0.2, 0) is 10.0 Å². The summed E-state index contributed by atoms with van der Waals surface area (Å²) in [6.45, 7) is 6.33. The minimum absolute atomic E-state index is 0.142. The molecule has 6 heteroatoms. The summed E-state index contributed by atoms with van der Waals surface area (Å²) in [7, 11) is -3.85. The van der Waals surface area contributed by atoms with Gasteiger partial charge in [-0.05, 0) is 43.4 Å². The first-order chi connectivity index (χ1) is 9.23. The van der Waals surface area contributed by atoms with Crippen LogP contribution < -0.4 is 5.73 Å². The van der Waals surface area contributed by atoms with Gasteiger partial charge in [0.05, 0.1) is 0 Å². The van der Waals surface area contributed by atoms with Crippen molar-refractivity contribution in [2.24, 2.45) is 11.8 Å². The molecule has 2 rings (SSSR count). The summed E-state index contributed by atoms with van der Waals surface area (Å²) in [5, 5.41) is 0. The van der Waals surface area contributed by atoms with Gasteiger partial charge in [-0.15, -0.1) is 0 Å². The molecule has 0 bridgehead atoms. The highest BCUT2D eigenvalue weighted by molar-refractivity contribution is 7.89. The van der Waals surface area contributed by atoms with Crippen molar-refractivity contribution in [3.63, 3.8) is 0 Å². The maximum absolute atomic E-state index is 13.9. The Hall–Kier alpha value is -1.14. The molecular formula is C14H21FN2O2S. The number of halogens is 1. The fourth-order valence-corrected chi connectivity index (χ4v) is 4.77. The minimum atomic E-state index is -3.85. The van der Waals surface area contributed by atoms with Gasteiger partial charge in [0.15, 0.2) is 0 Å². The van der Waals surface area contributed by atoms with Crippen LogP contribution >= 0.6 is 0 Å². The van der Waals surface area contributed by atoms with E-state index in [-0.39, 0.29) is 28.5 Å². The molecule has 1 aliphatic heterocycles. The second-order valence-electron chi connectivity index (χ2n) is 5.82. The zero-order chi connectivity index (χ0) is 15.1. The van der Waals surface area contributed by atoms with Crippen LogP contribution in [0.15, 0.2) is 23.1 Å². The standard InChI is InChI=1S/C14H21FN2O2S/c1-9-6-10(2)11(3)17(8-9)20(18,19)14-7-12(16)4-5-13(14)15/h4-5,7,9-11H,6,8,16H2,1-3H3. The van der Waals surface area contributed by atoms with Crippen molar-refractivity contribution in [1.82, 2.24) is 4.31 Å². The number of hydrogen-bond donors (Lipinski definition) is 1. The molecule has 0 spiro atoms. The number of benzene rings is 1. The van der Waals surface area contributed by atoms with Gasteiger partial charge in [0.1, 0.15) is 10.7 Å². The van der Waals surface area contributed by atoms with Gasteiger partial charge < -0.3 is 5.73 Å². The van der Waals surface area contributed by atoms with Gasteiger partial charge in [-0.3, -0.25) is 0 Å². The van der Waals surface area contributed by atoms with Crippen LogP contribution in [0.2, 0.25) is 0 Å². The van der Waals surface area contributed by atoms with E-state index in [2.05, 4.69) is 0 Å². The van der Waals surface area contributed by atoms with Crippen molar-refractivity contribution in [3.8, 4) is 0 Å². The lowest BCUT2D eigenvalue weighted by Gasteiger charge is -2.40. The van der Waals surface area contributed by atoms with Crippen molar-refractivity contribution in [2.45, 2.75) is 38.1 Å². The van der Waals surface area contributed by atoms with Crippen LogP contribution in [0.25, 0.3) is 0 Å². The van der Waals surface area contributed by atoms with E-state index in [1.165, 1.54) is 16.4 Å². The second-order valence-corrected chi connectivity index (χ2v) is 7.68. The van der Waals surface area contributed by atoms with Crippen LogP contribution in [0.3, 0.4) is 0 Å². The van der Waals surface area contributed by atoms with Crippen molar-refractivity contribution in [3.05, 3.63) is 24.0 Å². The van der Waals surface area contributed by atoms with Gasteiger partial charge in [0.2, 0.25) is 10.0 Å². The largest absolute Gasteiger partial charge is 0.399 e. The van der Waals surface area contributed by atoms with Gasteiger partial charge in [0, 0.05) is 18.3 Å². The summed E-state index contributed by atoms with van der Waals surface area (Å²) in [5.41, 5.74) is 5.84. The molecule has 3 unspecified atom stereocenters. The molecule has 4 nitrogen and oxygen atoms in total. The third-order valence-electron chi connectivity index (χ3n) is 4.09. The molecule has 112 valence electrons. The van der Waals surface area contributed by atoms with Gasteiger partial charge in [0.25, 0.3) is 0 Å². The van der Waals surface area contributed by atoms with E-state index in [1.807, 2.05) is 20.8 Å². The Morgan fingerprint density at radius 2 is 1.95 bits per heavy atom. The number of nitrogens with zero attached hydrogens (tertiary/aromatic N) is 1. The number of anilines is 1. The van der Waals surface area contributed by atoms with Crippen molar-refractivity contribution >= 4 is 15.7 Å². The number of hydrogen-bond acceptors (Lipinski definition) is 3. The van der Waals surface area contributed by atoms with Crippen molar-refractivity contribution < 1.29 is 12.8 Å². The lowest BCUT2D eigenvalue weighted by molar-refractivity contribution is 0.157. The molecule has 1 fully saturated rings. The number of piperidine rings is 1. The lowest BCUT2D eigenvalue weighted by atomic mass is 9.88. The number of sulfonamides is 1. The molecule has 0 saturated carbocycles. The van der Waals surface area contributed by atoms with Crippen LogP contribution in [-0.4, -0.2) is 25.3 Å². The Bertz CT molecular complexity index is 603. The molecular weight excluding hydrogens is 279 g/mol. The first-order valence-electron chi connectivity index (χ1n) is 6.80. The van der Waals surface area contributed by atoms with E-state index in [0.717, 1.165) is 12.5 Å². The zero-order valence-electron chi connectivity index (χ0n) is 12.0. The fourth-order valence-electron chi connectivity index (χ4n) is 2.82. The molecule has 0 aromatic heterocycles. The Morgan fingerprint density at radius 3 is 2.60 bits per heavy atom. The maximum atomic E-state index is 13.9. The monoisotopic (exact) mass is 300 g/mol. The first kappa shape index (κ1) is 15.3. The van der Waals surface area contributed by atoms with Gasteiger partial charge in [-0.25, -0.2) is 12.8 Å².